The average Bonchev–Trinajstić information content (AvgIpc) is 3.07. The zero-order chi connectivity index (χ0) is 21.3. The summed E-state index contributed by atoms with van der Waals surface area (Å²) in [5.41, 5.74) is 5.66. The number of aliphatic imine (C=N–C) groups is 1. The summed E-state index contributed by atoms with van der Waals surface area (Å²) in [5, 5.41) is 0.855. The van der Waals surface area contributed by atoms with Crippen LogP contribution in [0.4, 0.5) is 11.4 Å². The Balaban J connectivity index is 1.84. The highest BCUT2D eigenvalue weighted by Gasteiger charge is 2.36. The normalized spacial score (nSPS) is 17.0. The minimum atomic E-state index is -0.0966. The maximum absolute atomic E-state index is 13.5. The van der Waals surface area contributed by atoms with Gasteiger partial charge in [-0.15, -0.1) is 0 Å². The highest BCUT2D eigenvalue weighted by atomic mass is 35.5. The van der Waals surface area contributed by atoms with Crippen LogP contribution >= 0.6 is 23.4 Å². The fourth-order valence-corrected chi connectivity index (χ4v) is 4.37. The Morgan fingerprint density at radius 3 is 2.50 bits per heavy atom. The van der Waals surface area contributed by atoms with E-state index in [2.05, 4.69) is 42.0 Å². The number of allylic oxidation sites excluding steroid dienone is 1. The number of aromatic nitrogens is 1. The van der Waals surface area contributed by atoms with Crippen LogP contribution in [0.3, 0.4) is 0 Å². The van der Waals surface area contributed by atoms with Gasteiger partial charge in [-0.05, 0) is 79.1 Å². The summed E-state index contributed by atoms with van der Waals surface area (Å²) in [4.78, 5) is 24.5. The minimum absolute atomic E-state index is 0.0966. The summed E-state index contributed by atoms with van der Waals surface area (Å²) in [6.07, 6.45) is 1.61. The van der Waals surface area contributed by atoms with Crippen molar-refractivity contribution in [1.29, 1.82) is 0 Å². The molecule has 0 aliphatic carbocycles. The van der Waals surface area contributed by atoms with Crippen molar-refractivity contribution < 1.29 is 4.79 Å². The van der Waals surface area contributed by atoms with Gasteiger partial charge in [0, 0.05) is 6.20 Å². The molecule has 150 valence electrons. The van der Waals surface area contributed by atoms with Crippen LogP contribution in [-0.2, 0) is 4.79 Å². The molecule has 1 aliphatic rings. The second kappa shape index (κ2) is 8.46. The van der Waals surface area contributed by atoms with E-state index in [1.165, 1.54) is 22.9 Å². The smallest absolute Gasteiger partial charge is 0.268 e. The molecule has 0 saturated carbocycles. The molecule has 1 amide bonds. The second-order valence-electron chi connectivity index (χ2n) is 7.04. The van der Waals surface area contributed by atoms with Crippen molar-refractivity contribution in [3.63, 3.8) is 0 Å². The molecule has 1 aliphatic heterocycles. The quantitative estimate of drug-likeness (QED) is 0.347. The molecule has 0 N–H and O–H groups in total. The van der Waals surface area contributed by atoms with Gasteiger partial charge in [0.05, 0.1) is 10.6 Å². The minimum Gasteiger partial charge on any atom is -0.268 e. The third-order valence-corrected chi connectivity index (χ3v) is 6.46. The van der Waals surface area contributed by atoms with E-state index in [9.17, 15) is 4.79 Å². The van der Waals surface area contributed by atoms with E-state index in [0.717, 1.165) is 16.8 Å². The number of pyridine rings is 1. The monoisotopic (exact) mass is 433 g/mol. The molecular weight excluding hydrogens is 414 g/mol. The molecule has 0 unspecified atom stereocenters. The van der Waals surface area contributed by atoms with Gasteiger partial charge >= 0.3 is 0 Å². The first-order valence-electron chi connectivity index (χ1n) is 9.51. The van der Waals surface area contributed by atoms with Gasteiger partial charge < -0.3 is 0 Å². The van der Waals surface area contributed by atoms with E-state index in [1.54, 1.807) is 23.2 Å². The second-order valence-corrected chi connectivity index (χ2v) is 8.37. The van der Waals surface area contributed by atoms with E-state index in [1.807, 2.05) is 37.3 Å². The fourth-order valence-electron chi connectivity index (χ4n) is 3.15. The highest BCUT2D eigenvalue weighted by Crippen LogP contribution is 2.40. The molecule has 0 spiro atoms. The van der Waals surface area contributed by atoms with Crippen molar-refractivity contribution in [3.05, 3.63) is 93.6 Å². The van der Waals surface area contributed by atoms with Gasteiger partial charge in [-0.2, -0.15) is 0 Å². The van der Waals surface area contributed by atoms with Crippen molar-refractivity contribution in [2.24, 2.45) is 4.99 Å². The summed E-state index contributed by atoms with van der Waals surface area (Å²) < 4.78 is 0. The number of para-hydroxylation sites is 1. The van der Waals surface area contributed by atoms with Crippen molar-refractivity contribution in [3.8, 4) is 0 Å². The number of amidine groups is 1. The van der Waals surface area contributed by atoms with Crippen LogP contribution in [-0.4, -0.2) is 16.1 Å². The molecular formula is C24H20ClN3OS. The first kappa shape index (κ1) is 20.4. The molecule has 0 bridgehead atoms. The van der Waals surface area contributed by atoms with Gasteiger partial charge in [0.1, 0.15) is 5.69 Å². The molecule has 1 fully saturated rings. The van der Waals surface area contributed by atoms with Gasteiger partial charge in [0.25, 0.3) is 5.91 Å². The Hall–Kier alpha value is -2.89. The highest BCUT2D eigenvalue weighted by molar-refractivity contribution is 8.19. The number of hydrogen-bond donors (Lipinski definition) is 0. The lowest BCUT2D eigenvalue weighted by Crippen LogP contribution is -2.28. The number of aryl methyl sites for hydroxylation is 2. The Morgan fingerprint density at radius 2 is 1.80 bits per heavy atom. The van der Waals surface area contributed by atoms with E-state index >= 15 is 0 Å². The number of anilines is 1. The first-order valence-corrected chi connectivity index (χ1v) is 10.7. The third kappa shape index (κ3) is 3.91. The van der Waals surface area contributed by atoms with Crippen molar-refractivity contribution in [2.45, 2.75) is 20.8 Å². The van der Waals surface area contributed by atoms with Crippen molar-refractivity contribution in [1.82, 2.24) is 4.98 Å². The largest absolute Gasteiger partial charge is 0.271 e. The van der Waals surface area contributed by atoms with Gasteiger partial charge in [0.15, 0.2) is 10.3 Å². The summed E-state index contributed by atoms with van der Waals surface area (Å²) in [5.74, 6) is -0.0966. The van der Waals surface area contributed by atoms with Crippen LogP contribution in [0, 0.1) is 13.8 Å². The van der Waals surface area contributed by atoms with Crippen LogP contribution in [0.2, 0.25) is 5.15 Å². The predicted octanol–water partition coefficient (Wildman–Crippen LogP) is 6.55. The molecule has 3 aromatic rings. The van der Waals surface area contributed by atoms with Crippen LogP contribution < -0.4 is 4.90 Å². The summed E-state index contributed by atoms with van der Waals surface area (Å²) in [6.45, 7) is 6.14. The van der Waals surface area contributed by atoms with Crippen LogP contribution in [0.15, 0.2) is 76.8 Å². The molecule has 6 heteroatoms. The number of thioether (sulfide) groups is 1. The zero-order valence-electron chi connectivity index (χ0n) is 16.9. The number of carbonyl (C=O) groups excluding carboxylic acids is 1. The van der Waals surface area contributed by atoms with Crippen molar-refractivity contribution >= 4 is 51.4 Å². The Morgan fingerprint density at radius 1 is 1.03 bits per heavy atom. The molecule has 0 radical (unpaired) electrons. The standard InChI is InChI=1S/C24H20ClN3OS/c1-15-11-12-18(14-16(15)2)17(3)21-23(29)28(19-8-5-4-6-9-19)24(30-21)27-20-10-7-13-26-22(20)25/h4-14H,1-3H3/b21-17-,27-24?. The number of halogens is 1. The summed E-state index contributed by atoms with van der Waals surface area (Å²) in [6, 6.07) is 19.3. The summed E-state index contributed by atoms with van der Waals surface area (Å²) >= 11 is 7.57. The molecule has 1 saturated heterocycles. The zero-order valence-corrected chi connectivity index (χ0v) is 18.5. The molecule has 30 heavy (non-hydrogen) atoms. The van der Waals surface area contributed by atoms with Crippen LogP contribution in [0.25, 0.3) is 5.57 Å². The SMILES string of the molecule is C/C(=C1/SC(=Nc2cccnc2Cl)N(c2ccccc2)C1=O)c1ccc(C)c(C)c1. The Labute approximate surface area is 185 Å². The molecule has 4 rings (SSSR count). The molecule has 4 nitrogen and oxygen atoms in total. The lowest BCUT2D eigenvalue weighted by atomic mass is 10.0. The molecule has 2 heterocycles. The summed E-state index contributed by atoms with van der Waals surface area (Å²) in [7, 11) is 0. The topological polar surface area (TPSA) is 45.6 Å². The van der Waals surface area contributed by atoms with Crippen LogP contribution in [0.1, 0.15) is 23.6 Å². The third-order valence-electron chi connectivity index (χ3n) is 5.03. The Kier molecular flexibility index (Phi) is 5.75. The van der Waals surface area contributed by atoms with Gasteiger partial charge in [-0.1, -0.05) is 48.0 Å². The maximum Gasteiger partial charge on any atom is 0.271 e. The average molecular weight is 434 g/mol. The van der Waals surface area contributed by atoms with Gasteiger partial charge in [0.2, 0.25) is 0 Å². The van der Waals surface area contributed by atoms with Gasteiger partial charge in [-0.25, -0.2) is 9.98 Å². The Bertz CT molecular complexity index is 1190. The van der Waals surface area contributed by atoms with E-state index in [-0.39, 0.29) is 5.91 Å². The molecule has 1 aromatic heterocycles. The number of rotatable bonds is 3. The van der Waals surface area contributed by atoms with Crippen molar-refractivity contribution in [2.75, 3.05) is 4.90 Å². The molecule has 2 aromatic carbocycles. The van der Waals surface area contributed by atoms with E-state index < -0.39 is 0 Å². The van der Waals surface area contributed by atoms with Crippen LogP contribution in [0.5, 0.6) is 0 Å². The number of amides is 1. The van der Waals surface area contributed by atoms with E-state index in [0.29, 0.717) is 20.9 Å². The predicted molar refractivity (Wildman–Crippen MR) is 126 cm³/mol. The number of carbonyl (C=O) groups is 1. The number of hydrogen-bond acceptors (Lipinski definition) is 4. The molecule has 0 atom stereocenters. The van der Waals surface area contributed by atoms with E-state index in [4.69, 9.17) is 11.6 Å². The lowest BCUT2D eigenvalue weighted by Gasteiger charge is -2.15. The van der Waals surface area contributed by atoms with Gasteiger partial charge in [-0.3, -0.25) is 9.69 Å². The first-order chi connectivity index (χ1) is 14.5. The number of benzene rings is 2. The maximum atomic E-state index is 13.5. The lowest BCUT2D eigenvalue weighted by molar-refractivity contribution is -0.113. The fraction of sp³-hybridized carbons (Fsp3) is 0.125. The number of nitrogens with zero attached hydrogens (tertiary/aromatic N) is 3.